The molecule has 2 N–H and O–H groups in total. The second-order valence-corrected chi connectivity index (χ2v) is 6.87. The summed E-state index contributed by atoms with van der Waals surface area (Å²) in [5.74, 6) is -0.398. The predicted octanol–water partition coefficient (Wildman–Crippen LogP) is 3.77. The largest absolute Gasteiger partial charge is 0.344 e. The zero-order chi connectivity index (χ0) is 17.5. The first-order valence-electron chi connectivity index (χ1n) is 7.85. The van der Waals surface area contributed by atoms with Crippen LogP contribution < -0.4 is 10.6 Å². The van der Waals surface area contributed by atoms with Crippen molar-refractivity contribution >= 4 is 33.4 Å². The van der Waals surface area contributed by atoms with Crippen molar-refractivity contribution in [1.82, 2.24) is 5.32 Å². The van der Waals surface area contributed by atoms with E-state index < -0.39 is 6.04 Å². The van der Waals surface area contributed by atoms with E-state index in [4.69, 9.17) is 0 Å². The summed E-state index contributed by atoms with van der Waals surface area (Å²) in [6.07, 6.45) is 0.258. The van der Waals surface area contributed by atoms with Crippen LogP contribution in [-0.2, 0) is 16.0 Å². The van der Waals surface area contributed by atoms with Crippen LogP contribution in [0.3, 0.4) is 0 Å². The van der Waals surface area contributed by atoms with Crippen LogP contribution in [0.5, 0.6) is 0 Å². The fraction of sp³-hybridized carbons (Fsp3) is 0.263. The molecule has 0 aliphatic heterocycles. The molecular weight excluding hydrogens is 368 g/mol. The number of carbonyl (C=O) groups excluding carboxylic acids is 2. The fourth-order valence-corrected chi connectivity index (χ4v) is 2.73. The Balaban J connectivity index is 2.00. The van der Waals surface area contributed by atoms with Gasteiger partial charge in [-0.25, -0.2) is 0 Å². The van der Waals surface area contributed by atoms with E-state index in [1.54, 1.807) is 0 Å². The maximum absolute atomic E-state index is 12.5. The van der Waals surface area contributed by atoms with Crippen LogP contribution in [0.4, 0.5) is 5.69 Å². The second kappa shape index (κ2) is 8.64. The second-order valence-electron chi connectivity index (χ2n) is 5.95. The highest BCUT2D eigenvalue weighted by molar-refractivity contribution is 9.10. The molecule has 1 atom stereocenters. The molecule has 0 heterocycles. The van der Waals surface area contributed by atoms with Crippen LogP contribution in [0, 0.1) is 5.92 Å². The van der Waals surface area contributed by atoms with Crippen molar-refractivity contribution in [3.8, 4) is 0 Å². The van der Waals surface area contributed by atoms with E-state index in [9.17, 15) is 9.59 Å². The molecule has 0 unspecified atom stereocenters. The van der Waals surface area contributed by atoms with Crippen LogP contribution in [-0.4, -0.2) is 17.9 Å². The number of rotatable bonds is 6. The van der Waals surface area contributed by atoms with E-state index in [1.165, 1.54) is 0 Å². The fourth-order valence-electron chi connectivity index (χ4n) is 2.33. The van der Waals surface area contributed by atoms with Crippen LogP contribution in [0.25, 0.3) is 0 Å². The third-order valence-electron chi connectivity index (χ3n) is 3.57. The molecule has 0 aromatic heterocycles. The van der Waals surface area contributed by atoms with E-state index in [-0.39, 0.29) is 24.2 Å². The molecule has 4 nitrogen and oxygen atoms in total. The normalized spacial score (nSPS) is 11.8. The minimum Gasteiger partial charge on any atom is -0.344 e. The summed E-state index contributed by atoms with van der Waals surface area (Å²) in [6.45, 7) is 3.82. The van der Waals surface area contributed by atoms with Gasteiger partial charge in [-0.3, -0.25) is 9.59 Å². The third kappa shape index (κ3) is 5.49. The summed E-state index contributed by atoms with van der Waals surface area (Å²) in [7, 11) is 0. The number of anilines is 1. The summed E-state index contributed by atoms with van der Waals surface area (Å²) in [6, 6.07) is 16.3. The van der Waals surface area contributed by atoms with Crippen molar-refractivity contribution in [2.24, 2.45) is 5.92 Å². The van der Waals surface area contributed by atoms with Gasteiger partial charge < -0.3 is 10.6 Å². The first kappa shape index (κ1) is 18.2. The molecule has 2 aromatic carbocycles. The van der Waals surface area contributed by atoms with Gasteiger partial charge in [-0.05, 0) is 29.7 Å². The average molecular weight is 389 g/mol. The zero-order valence-electron chi connectivity index (χ0n) is 13.8. The van der Waals surface area contributed by atoms with Crippen LogP contribution >= 0.6 is 15.9 Å². The molecule has 0 radical (unpaired) electrons. The average Bonchev–Trinajstić information content (AvgIpc) is 2.53. The Labute approximate surface area is 150 Å². The van der Waals surface area contributed by atoms with E-state index in [0.29, 0.717) is 5.69 Å². The van der Waals surface area contributed by atoms with Gasteiger partial charge in [-0.1, -0.05) is 66.2 Å². The molecule has 0 saturated carbocycles. The summed E-state index contributed by atoms with van der Waals surface area (Å²) in [5, 5.41) is 5.69. The van der Waals surface area contributed by atoms with Gasteiger partial charge in [0.25, 0.3) is 0 Å². The molecule has 126 valence electrons. The Bertz CT molecular complexity index is 702. The lowest BCUT2D eigenvalue weighted by Crippen LogP contribution is -2.47. The van der Waals surface area contributed by atoms with Crippen molar-refractivity contribution in [3.63, 3.8) is 0 Å². The Kier molecular flexibility index (Phi) is 6.55. The maximum Gasteiger partial charge on any atom is 0.247 e. The van der Waals surface area contributed by atoms with Gasteiger partial charge >= 0.3 is 0 Å². The standard InChI is InChI=1S/C19H21BrN2O2/c1-13(2)18(19(24)21-16-10-6-9-15(20)12-16)22-17(23)11-14-7-4-3-5-8-14/h3-10,12-13,18H,11H2,1-2H3,(H,21,24)(H,22,23)/t18-/m0/s1. The van der Waals surface area contributed by atoms with Crippen molar-refractivity contribution in [3.05, 3.63) is 64.6 Å². The van der Waals surface area contributed by atoms with E-state index in [2.05, 4.69) is 26.6 Å². The highest BCUT2D eigenvalue weighted by Crippen LogP contribution is 2.16. The topological polar surface area (TPSA) is 58.2 Å². The molecule has 0 bridgehead atoms. The SMILES string of the molecule is CC(C)[C@H](NC(=O)Cc1ccccc1)C(=O)Nc1cccc(Br)c1. The third-order valence-corrected chi connectivity index (χ3v) is 4.06. The van der Waals surface area contributed by atoms with Crippen molar-refractivity contribution in [1.29, 1.82) is 0 Å². The molecule has 2 aromatic rings. The van der Waals surface area contributed by atoms with Gasteiger partial charge in [-0.2, -0.15) is 0 Å². The predicted molar refractivity (Wildman–Crippen MR) is 99.7 cm³/mol. The number of halogens is 1. The molecule has 0 saturated heterocycles. The molecule has 2 amide bonds. The first-order valence-corrected chi connectivity index (χ1v) is 8.64. The van der Waals surface area contributed by atoms with E-state index in [1.807, 2.05) is 68.4 Å². The summed E-state index contributed by atoms with van der Waals surface area (Å²) >= 11 is 3.37. The van der Waals surface area contributed by atoms with Gasteiger partial charge in [0.05, 0.1) is 6.42 Å². The molecule has 0 aliphatic carbocycles. The monoisotopic (exact) mass is 388 g/mol. The van der Waals surface area contributed by atoms with Crippen LogP contribution in [0.15, 0.2) is 59.1 Å². The van der Waals surface area contributed by atoms with Crippen molar-refractivity contribution in [2.45, 2.75) is 26.3 Å². The molecule has 24 heavy (non-hydrogen) atoms. The lowest BCUT2D eigenvalue weighted by atomic mass is 10.0. The highest BCUT2D eigenvalue weighted by atomic mass is 79.9. The summed E-state index contributed by atoms with van der Waals surface area (Å²) in [4.78, 5) is 24.8. The summed E-state index contributed by atoms with van der Waals surface area (Å²) in [5.41, 5.74) is 1.61. The van der Waals surface area contributed by atoms with Crippen LogP contribution in [0.2, 0.25) is 0 Å². The number of hydrogen-bond acceptors (Lipinski definition) is 2. The minimum absolute atomic E-state index is 0.0168. The van der Waals surface area contributed by atoms with Gasteiger partial charge in [0.2, 0.25) is 11.8 Å². The van der Waals surface area contributed by atoms with Gasteiger partial charge in [0.1, 0.15) is 6.04 Å². The van der Waals surface area contributed by atoms with Gasteiger partial charge in [-0.15, -0.1) is 0 Å². The molecule has 0 spiro atoms. The summed E-state index contributed by atoms with van der Waals surface area (Å²) < 4.78 is 0.884. The number of carbonyl (C=O) groups is 2. The number of benzene rings is 2. The number of amides is 2. The number of nitrogens with one attached hydrogen (secondary N) is 2. The zero-order valence-corrected chi connectivity index (χ0v) is 15.3. The molecule has 0 aliphatic rings. The molecule has 0 fully saturated rings. The Morgan fingerprint density at radius 2 is 1.75 bits per heavy atom. The Morgan fingerprint density at radius 1 is 1.04 bits per heavy atom. The minimum atomic E-state index is -0.583. The lowest BCUT2D eigenvalue weighted by Gasteiger charge is -2.22. The van der Waals surface area contributed by atoms with Gasteiger partial charge in [0, 0.05) is 10.2 Å². The smallest absolute Gasteiger partial charge is 0.247 e. The molecule has 5 heteroatoms. The Hall–Kier alpha value is -2.14. The van der Waals surface area contributed by atoms with Crippen LogP contribution in [0.1, 0.15) is 19.4 Å². The molecular formula is C19H21BrN2O2. The van der Waals surface area contributed by atoms with Crippen molar-refractivity contribution < 1.29 is 9.59 Å². The molecule has 2 rings (SSSR count). The van der Waals surface area contributed by atoms with E-state index in [0.717, 1.165) is 10.0 Å². The van der Waals surface area contributed by atoms with Gasteiger partial charge in [0.15, 0.2) is 0 Å². The maximum atomic E-state index is 12.5. The highest BCUT2D eigenvalue weighted by Gasteiger charge is 2.24. The number of hydrogen-bond donors (Lipinski definition) is 2. The van der Waals surface area contributed by atoms with Crippen molar-refractivity contribution in [2.75, 3.05) is 5.32 Å². The Morgan fingerprint density at radius 3 is 2.38 bits per heavy atom. The lowest BCUT2D eigenvalue weighted by molar-refractivity contribution is -0.127. The van der Waals surface area contributed by atoms with E-state index >= 15 is 0 Å². The first-order chi connectivity index (χ1) is 11.5. The quantitative estimate of drug-likeness (QED) is 0.790.